The highest BCUT2D eigenvalue weighted by molar-refractivity contribution is 9.10. The summed E-state index contributed by atoms with van der Waals surface area (Å²) >= 11 is 3.56. The van der Waals surface area contributed by atoms with Crippen LogP contribution in [0.25, 0.3) is 0 Å². The molecule has 1 heterocycles. The number of amides is 1. The van der Waals surface area contributed by atoms with Gasteiger partial charge in [0.25, 0.3) is 0 Å². The van der Waals surface area contributed by atoms with E-state index >= 15 is 0 Å². The summed E-state index contributed by atoms with van der Waals surface area (Å²) in [7, 11) is 1.67. The molecule has 1 atom stereocenters. The Morgan fingerprint density at radius 1 is 1.39 bits per heavy atom. The van der Waals surface area contributed by atoms with Crippen LogP contribution in [-0.4, -0.2) is 38.8 Å². The molecule has 1 aliphatic heterocycles. The van der Waals surface area contributed by atoms with E-state index in [-0.39, 0.29) is 29.8 Å². The van der Waals surface area contributed by atoms with Gasteiger partial charge in [0.1, 0.15) is 0 Å². The number of nitrogens with one attached hydrogen (secondary N) is 2. The van der Waals surface area contributed by atoms with Gasteiger partial charge in [0.2, 0.25) is 5.91 Å². The Morgan fingerprint density at radius 2 is 2.04 bits per heavy atom. The fourth-order valence-corrected chi connectivity index (χ4v) is 3.49. The molecule has 1 saturated heterocycles. The highest BCUT2D eigenvalue weighted by atomic mass is 79.9. The van der Waals surface area contributed by atoms with Crippen molar-refractivity contribution < 1.29 is 9.53 Å². The molecular formula is C17H26BrClN2O2. The first-order chi connectivity index (χ1) is 10.6. The Bertz CT molecular complexity index is 502. The van der Waals surface area contributed by atoms with Gasteiger partial charge in [-0.05, 0) is 50.9 Å². The number of halogens is 2. The van der Waals surface area contributed by atoms with Crippen molar-refractivity contribution in [3.8, 4) is 0 Å². The normalized spacial score (nSPS) is 17.9. The Kier molecular flexibility index (Phi) is 8.54. The Morgan fingerprint density at radius 3 is 2.65 bits per heavy atom. The van der Waals surface area contributed by atoms with Crippen LogP contribution in [0.15, 0.2) is 28.7 Å². The molecule has 1 fully saturated rings. The van der Waals surface area contributed by atoms with Gasteiger partial charge in [0.15, 0.2) is 0 Å². The van der Waals surface area contributed by atoms with Crippen LogP contribution in [-0.2, 0) is 16.0 Å². The van der Waals surface area contributed by atoms with Crippen LogP contribution < -0.4 is 10.6 Å². The third kappa shape index (κ3) is 5.45. The zero-order valence-electron chi connectivity index (χ0n) is 13.7. The lowest BCUT2D eigenvalue weighted by molar-refractivity contribution is -0.136. The maximum absolute atomic E-state index is 12.8. The Hall–Kier alpha value is -0.620. The average molecular weight is 406 g/mol. The van der Waals surface area contributed by atoms with Gasteiger partial charge in [-0.15, -0.1) is 12.4 Å². The van der Waals surface area contributed by atoms with Crippen molar-refractivity contribution in [1.29, 1.82) is 0 Å². The predicted octanol–water partition coefficient (Wildman–Crippen LogP) is 2.93. The fourth-order valence-electron chi connectivity index (χ4n) is 3.04. The number of hydrogen-bond donors (Lipinski definition) is 2. The molecule has 1 aliphatic rings. The number of carbonyl (C=O) groups is 1. The first kappa shape index (κ1) is 20.4. The van der Waals surface area contributed by atoms with Crippen molar-refractivity contribution in [3.63, 3.8) is 0 Å². The SMILES string of the molecule is COCC1(C(=O)NC(C)Cc2ccccc2Br)CCNCC1.Cl. The summed E-state index contributed by atoms with van der Waals surface area (Å²) in [5.41, 5.74) is 0.823. The van der Waals surface area contributed by atoms with Crippen molar-refractivity contribution in [3.05, 3.63) is 34.3 Å². The van der Waals surface area contributed by atoms with Crippen molar-refractivity contribution in [2.45, 2.75) is 32.2 Å². The first-order valence-corrected chi connectivity index (χ1v) is 8.61. The van der Waals surface area contributed by atoms with Gasteiger partial charge in [-0.3, -0.25) is 4.79 Å². The number of piperidine rings is 1. The number of carbonyl (C=O) groups excluding carboxylic acids is 1. The first-order valence-electron chi connectivity index (χ1n) is 7.81. The maximum atomic E-state index is 12.8. The molecule has 1 unspecified atom stereocenters. The predicted molar refractivity (Wildman–Crippen MR) is 99.1 cm³/mol. The lowest BCUT2D eigenvalue weighted by Crippen LogP contribution is -2.52. The summed E-state index contributed by atoms with van der Waals surface area (Å²) in [6.07, 6.45) is 2.47. The highest BCUT2D eigenvalue weighted by Crippen LogP contribution is 2.29. The van der Waals surface area contributed by atoms with Gasteiger partial charge in [0.05, 0.1) is 12.0 Å². The quantitative estimate of drug-likeness (QED) is 0.765. The van der Waals surface area contributed by atoms with Crippen LogP contribution in [0.4, 0.5) is 0 Å². The van der Waals surface area contributed by atoms with Crippen molar-refractivity contribution in [2.75, 3.05) is 26.8 Å². The second-order valence-electron chi connectivity index (χ2n) is 6.13. The molecule has 23 heavy (non-hydrogen) atoms. The van der Waals surface area contributed by atoms with E-state index in [1.54, 1.807) is 7.11 Å². The molecule has 0 saturated carbocycles. The molecule has 0 radical (unpaired) electrons. The largest absolute Gasteiger partial charge is 0.384 e. The van der Waals surface area contributed by atoms with Crippen molar-refractivity contribution in [2.24, 2.45) is 5.41 Å². The molecule has 1 amide bonds. The molecule has 0 bridgehead atoms. The fraction of sp³-hybridized carbons (Fsp3) is 0.588. The minimum atomic E-state index is -0.387. The third-order valence-corrected chi connectivity index (χ3v) is 5.10. The molecule has 0 spiro atoms. The number of benzene rings is 1. The zero-order chi connectivity index (χ0) is 16.0. The second-order valence-corrected chi connectivity index (χ2v) is 6.99. The van der Waals surface area contributed by atoms with Gasteiger partial charge < -0.3 is 15.4 Å². The van der Waals surface area contributed by atoms with Gasteiger partial charge in [-0.2, -0.15) is 0 Å². The topological polar surface area (TPSA) is 50.4 Å². The van der Waals surface area contributed by atoms with Crippen LogP contribution >= 0.6 is 28.3 Å². The van der Waals surface area contributed by atoms with Crippen LogP contribution in [0.1, 0.15) is 25.3 Å². The number of hydrogen-bond acceptors (Lipinski definition) is 3. The van der Waals surface area contributed by atoms with Gasteiger partial charge in [0, 0.05) is 17.6 Å². The summed E-state index contributed by atoms with van der Waals surface area (Å²) in [5, 5.41) is 6.50. The molecule has 1 aromatic carbocycles. The molecule has 4 nitrogen and oxygen atoms in total. The summed E-state index contributed by atoms with van der Waals surface area (Å²) in [6, 6.07) is 8.23. The van der Waals surface area contributed by atoms with E-state index in [4.69, 9.17) is 4.74 Å². The van der Waals surface area contributed by atoms with E-state index < -0.39 is 0 Å². The Labute approximate surface area is 153 Å². The Balaban J connectivity index is 0.00000264. The van der Waals surface area contributed by atoms with Gasteiger partial charge in [-0.25, -0.2) is 0 Å². The van der Waals surface area contributed by atoms with Gasteiger partial charge in [-0.1, -0.05) is 34.1 Å². The smallest absolute Gasteiger partial charge is 0.228 e. The standard InChI is InChI=1S/C17H25BrN2O2.ClH/c1-13(11-14-5-3-4-6-15(14)18)20-16(21)17(12-22-2)7-9-19-10-8-17;/h3-6,13,19H,7-12H2,1-2H3,(H,20,21);1H. The summed E-state index contributed by atoms with van der Waals surface area (Å²) in [5.74, 6) is 0.121. The van der Waals surface area contributed by atoms with E-state index in [0.29, 0.717) is 6.61 Å². The average Bonchev–Trinajstić information content (AvgIpc) is 2.51. The van der Waals surface area contributed by atoms with Gasteiger partial charge >= 0.3 is 0 Å². The van der Waals surface area contributed by atoms with Crippen LogP contribution in [0.2, 0.25) is 0 Å². The van der Waals surface area contributed by atoms with E-state index in [0.717, 1.165) is 36.8 Å². The maximum Gasteiger partial charge on any atom is 0.228 e. The van der Waals surface area contributed by atoms with E-state index in [9.17, 15) is 4.79 Å². The lowest BCUT2D eigenvalue weighted by Gasteiger charge is -2.36. The molecule has 2 N–H and O–H groups in total. The molecular weight excluding hydrogens is 380 g/mol. The minimum Gasteiger partial charge on any atom is -0.384 e. The third-order valence-electron chi connectivity index (χ3n) is 4.32. The lowest BCUT2D eigenvalue weighted by atomic mass is 9.78. The van der Waals surface area contributed by atoms with Crippen LogP contribution in [0, 0.1) is 5.41 Å². The molecule has 0 aliphatic carbocycles. The monoisotopic (exact) mass is 404 g/mol. The molecule has 0 aromatic heterocycles. The zero-order valence-corrected chi connectivity index (χ0v) is 16.1. The minimum absolute atomic E-state index is 0. The summed E-state index contributed by atoms with van der Waals surface area (Å²) < 4.78 is 6.42. The highest BCUT2D eigenvalue weighted by Gasteiger charge is 2.39. The second kappa shape index (κ2) is 9.62. The number of rotatable bonds is 6. The van der Waals surface area contributed by atoms with E-state index in [2.05, 4.69) is 39.6 Å². The number of methoxy groups -OCH3 is 1. The number of ether oxygens (including phenoxy) is 1. The summed E-state index contributed by atoms with van der Waals surface area (Å²) in [6.45, 7) is 4.28. The van der Waals surface area contributed by atoms with Crippen molar-refractivity contribution in [1.82, 2.24) is 10.6 Å². The summed E-state index contributed by atoms with van der Waals surface area (Å²) in [4.78, 5) is 12.8. The van der Waals surface area contributed by atoms with E-state index in [1.807, 2.05) is 18.2 Å². The van der Waals surface area contributed by atoms with Crippen LogP contribution in [0.3, 0.4) is 0 Å². The molecule has 6 heteroatoms. The van der Waals surface area contributed by atoms with Crippen molar-refractivity contribution >= 4 is 34.2 Å². The molecule has 1 aromatic rings. The van der Waals surface area contributed by atoms with Crippen LogP contribution in [0.5, 0.6) is 0 Å². The van der Waals surface area contributed by atoms with E-state index in [1.165, 1.54) is 5.56 Å². The molecule has 130 valence electrons. The molecule has 2 rings (SSSR count).